The third-order valence-electron chi connectivity index (χ3n) is 5.76. The molecule has 1 saturated heterocycles. The molecule has 0 saturated carbocycles. The van der Waals surface area contributed by atoms with Gasteiger partial charge in [-0.1, -0.05) is 42.3 Å². The van der Waals surface area contributed by atoms with Crippen molar-refractivity contribution < 1.29 is 18.3 Å². The quantitative estimate of drug-likeness (QED) is 0.444. The minimum absolute atomic E-state index is 0.264. The van der Waals surface area contributed by atoms with Crippen LogP contribution in [0.3, 0.4) is 0 Å². The van der Waals surface area contributed by atoms with Gasteiger partial charge in [0.15, 0.2) is 0 Å². The van der Waals surface area contributed by atoms with Gasteiger partial charge in [-0.05, 0) is 53.1 Å². The first kappa shape index (κ1) is 22.8. The van der Waals surface area contributed by atoms with Crippen molar-refractivity contribution in [2.75, 3.05) is 31.1 Å². The van der Waals surface area contributed by atoms with E-state index in [4.69, 9.17) is 11.5 Å². The highest BCUT2D eigenvalue weighted by molar-refractivity contribution is 7.87. The van der Waals surface area contributed by atoms with Crippen molar-refractivity contribution in [3.05, 3.63) is 66.2 Å². The minimum Gasteiger partial charge on any atom is -0.480 e. The molecule has 170 valence electrons. The Morgan fingerprint density at radius 2 is 1.73 bits per heavy atom. The first-order chi connectivity index (χ1) is 15.8. The molecule has 1 atom stereocenters. The van der Waals surface area contributed by atoms with Crippen molar-refractivity contribution in [3.8, 4) is 23.5 Å². The normalized spacial score (nSPS) is 15.8. The monoisotopic (exact) mass is 463 g/mol. The Morgan fingerprint density at radius 3 is 2.39 bits per heavy atom. The number of piperazine rings is 1. The molecule has 5 rings (SSSR count). The van der Waals surface area contributed by atoms with Gasteiger partial charge in [-0.3, -0.25) is 4.79 Å². The van der Waals surface area contributed by atoms with E-state index in [-0.39, 0.29) is 13.1 Å². The number of hydrogen-bond donors (Lipinski definition) is 2. The Bertz CT molecular complexity index is 1340. The van der Waals surface area contributed by atoms with E-state index in [2.05, 4.69) is 47.0 Å². The van der Waals surface area contributed by atoms with Crippen molar-refractivity contribution in [2.24, 2.45) is 0 Å². The lowest BCUT2D eigenvalue weighted by atomic mass is 10.1. The van der Waals surface area contributed by atoms with Gasteiger partial charge in [-0.2, -0.15) is 17.4 Å². The topological polar surface area (TPSA) is 90.0 Å². The summed E-state index contributed by atoms with van der Waals surface area (Å²) in [4.78, 5) is 12.8. The molecular weight excluding hydrogens is 438 g/mol. The first-order valence-corrected chi connectivity index (χ1v) is 12.1. The largest absolute Gasteiger partial charge is 0.480 e. The number of hydrogen-bond acceptors (Lipinski definition) is 4. The summed E-state index contributed by atoms with van der Waals surface area (Å²) in [5, 5.41) is 11.6. The number of carboxylic acid groups (broad SMARTS) is 1. The lowest BCUT2D eigenvalue weighted by Gasteiger charge is -2.36. The number of fused-ring (bicyclic) bond motifs is 3. The van der Waals surface area contributed by atoms with Crippen LogP contribution in [0.1, 0.15) is 12.5 Å². The second-order valence-electron chi connectivity index (χ2n) is 7.98. The van der Waals surface area contributed by atoms with E-state index in [9.17, 15) is 13.2 Å². The molecule has 0 aromatic heterocycles. The summed E-state index contributed by atoms with van der Waals surface area (Å²) < 4.78 is 27.7. The van der Waals surface area contributed by atoms with Crippen molar-refractivity contribution in [3.63, 3.8) is 0 Å². The van der Waals surface area contributed by atoms with Gasteiger partial charge >= 0.3 is 5.97 Å². The number of aliphatic carboxylic acids is 1. The highest BCUT2D eigenvalue weighted by Crippen LogP contribution is 2.42. The number of benzene rings is 3. The lowest BCUT2D eigenvalue weighted by molar-refractivity contribution is -0.138. The molecular formula is C25H25N3O4S. The van der Waals surface area contributed by atoms with E-state index in [1.165, 1.54) is 33.1 Å². The number of terminal acetylenes is 1. The van der Waals surface area contributed by atoms with E-state index >= 15 is 0 Å². The summed E-state index contributed by atoms with van der Waals surface area (Å²) in [6.45, 7) is 2.79. The first-order valence-electron chi connectivity index (χ1n) is 10.6. The summed E-state index contributed by atoms with van der Waals surface area (Å²) in [6, 6.07) is 19.3. The van der Waals surface area contributed by atoms with Gasteiger partial charge in [0, 0.05) is 31.7 Å². The molecule has 2 N–H and O–H groups in total. The molecule has 33 heavy (non-hydrogen) atoms. The van der Waals surface area contributed by atoms with Gasteiger partial charge in [-0.25, -0.2) is 0 Å². The molecule has 0 bridgehead atoms. The standard InChI is InChI=1S/C15H19N3O4S.C10H6/c1-3-13-6-4-5-7-14(13)17-8-10-18(11-9-17)23(21,22)16-12(2)15(19)20;1-2-4-9-7(3-1)5-8-6-10(8)9/h1,4-7,12,16H,8-11H2,2H3,(H,19,20);1-6H. The van der Waals surface area contributed by atoms with Gasteiger partial charge in [0.25, 0.3) is 10.2 Å². The third kappa shape index (κ3) is 5.01. The summed E-state index contributed by atoms with van der Waals surface area (Å²) >= 11 is 0. The molecule has 8 heteroatoms. The number of para-hydroxylation sites is 1. The van der Waals surface area contributed by atoms with Crippen LogP contribution in [0.5, 0.6) is 0 Å². The molecule has 2 aromatic carbocycles. The molecule has 7 nitrogen and oxygen atoms in total. The average molecular weight is 464 g/mol. The highest BCUT2D eigenvalue weighted by atomic mass is 32.2. The molecule has 1 heterocycles. The highest BCUT2D eigenvalue weighted by Gasteiger charge is 2.30. The second kappa shape index (κ2) is 9.24. The third-order valence-corrected chi connectivity index (χ3v) is 7.46. The van der Waals surface area contributed by atoms with Crippen LogP contribution < -0.4 is 9.62 Å². The summed E-state index contributed by atoms with van der Waals surface area (Å²) in [7, 11) is -3.81. The maximum Gasteiger partial charge on any atom is 0.321 e. The fourth-order valence-electron chi connectivity index (χ4n) is 3.90. The molecule has 1 fully saturated rings. The lowest BCUT2D eigenvalue weighted by Crippen LogP contribution is -2.54. The van der Waals surface area contributed by atoms with Gasteiger partial charge in [0.05, 0.1) is 5.69 Å². The van der Waals surface area contributed by atoms with Crippen LogP contribution in [0.4, 0.5) is 5.69 Å². The average Bonchev–Trinajstić information content (AvgIpc) is 3.50. The number of rotatable bonds is 5. The van der Waals surface area contributed by atoms with Gasteiger partial charge in [-0.15, -0.1) is 6.42 Å². The van der Waals surface area contributed by atoms with Crippen LogP contribution in [-0.4, -0.2) is 56.0 Å². The molecule has 0 amide bonds. The van der Waals surface area contributed by atoms with Crippen LogP contribution >= 0.6 is 0 Å². The molecule has 1 aliphatic heterocycles. The molecule has 2 aromatic rings. The predicted octanol–water partition coefficient (Wildman–Crippen LogP) is 2.92. The Hall–Kier alpha value is -3.38. The molecule has 0 spiro atoms. The van der Waals surface area contributed by atoms with Gasteiger partial charge in [0.1, 0.15) is 6.04 Å². The maximum absolute atomic E-state index is 12.2. The zero-order valence-electron chi connectivity index (χ0n) is 18.2. The van der Waals surface area contributed by atoms with Crippen LogP contribution in [0.15, 0.2) is 60.7 Å². The van der Waals surface area contributed by atoms with Crippen molar-refractivity contribution in [2.45, 2.75) is 13.0 Å². The Kier molecular flexibility index (Phi) is 6.38. The number of nitrogens with zero attached hydrogens (tertiary/aromatic N) is 2. The van der Waals surface area contributed by atoms with Gasteiger partial charge < -0.3 is 10.0 Å². The Labute approximate surface area is 193 Å². The molecule has 0 radical (unpaired) electrons. The smallest absolute Gasteiger partial charge is 0.321 e. The molecule has 3 aliphatic rings. The Balaban J connectivity index is 0.000000210. The zero-order valence-corrected chi connectivity index (χ0v) is 19.0. The van der Waals surface area contributed by atoms with Crippen LogP contribution in [0.2, 0.25) is 0 Å². The summed E-state index contributed by atoms with van der Waals surface area (Å²) in [5.41, 5.74) is 4.55. The number of carboxylic acids is 1. The van der Waals surface area contributed by atoms with Crippen LogP contribution in [0, 0.1) is 12.3 Å². The van der Waals surface area contributed by atoms with Gasteiger partial charge in [0.2, 0.25) is 0 Å². The van der Waals surface area contributed by atoms with E-state index in [1.807, 2.05) is 29.2 Å². The summed E-state index contributed by atoms with van der Waals surface area (Å²) in [5.74, 6) is 1.41. The predicted molar refractivity (Wildman–Crippen MR) is 130 cm³/mol. The van der Waals surface area contributed by atoms with E-state index < -0.39 is 22.2 Å². The number of anilines is 1. The SMILES string of the molecule is C#Cc1ccccc1N1CCN(S(=O)(=O)NC(C)C(=O)O)CC1.c1ccc2c3cc-3cc2c1. The van der Waals surface area contributed by atoms with E-state index in [0.717, 1.165) is 11.3 Å². The second-order valence-corrected chi connectivity index (χ2v) is 9.68. The summed E-state index contributed by atoms with van der Waals surface area (Å²) in [6.07, 6.45) is 5.49. The fourth-order valence-corrected chi connectivity index (χ4v) is 5.24. The number of nitrogens with one attached hydrogen (secondary N) is 1. The molecule has 1 unspecified atom stereocenters. The van der Waals surface area contributed by atoms with E-state index in [1.54, 1.807) is 0 Å². The Morgan fingerprint density at radius 1 is 1.06 bits per heavy atom. The minimum atomic E-state index is -3.81. The van der Waals surface area contributed by atoms with Crippen molar-refractivity contribution >= 4 is 32.6 Å². The van der Waals surface area contributed by atoms with Crippen molar-refractivity contribution in [1.82, 2.24) is 9.03 Å². The van der Waals surface area contributed by atoms with E-state index in [0.29, 0.717) is 13.1 Å². The van der Waals surface area contributed by atoms with Crippen molar-refractivity contribution in [1.29, 1.82) is 0 Å². The number of carbonyl (C=O) groups is 1. The fraction of sp³-hybridized carbons (Fsp3) is 0.240. The molecule has 2 aliphatic carbocycles. The van der Waals surface area contributed by atoms with Crippen LogP contribution in [-0.2, 0) is 15.0 Å². The zero-order chi connectivity index (χ0) is 23.6. The van der Waals surface area contributed by atoms with Crippen LogP contribution in [0.25, 0.3) is 21.9 Å². The maximum atomic E-state index is 12.2.